The molecule has 3 aromatic rings. The molecule has 1 aromatic heterocycles. The molecule has 2 aromatic carbocycles. The van der Waals surface area contributed by atoms with E-state index in [2.05, 4.69) is 10.3 Å². The molecule has 0 atom stereocenters. The summed E-state index contributed by atoms with van der Waals surface area (Å²) in [6, 6.07) is 15.5. The molecule has 0 bridgehead atoms. The Hall–Kier alpha value is -2.90. The number of ether oxygens (including phenoxy) is 2. The van der Waals surface area contributed by atoms with Gasteiger partial charge in [-0.2, -0.15) is 0 Å². The molecule has 6 nitrogen and oxygen atoms in total. The minimum absolute atomic E-state index is 0.0948. The monoisotopic (exact) mass is 425 g/mol. The van der Waals surface area contributed by atoms with Crippen LogP contribution in [0.2, 0.25) is 0 Å². The highest BCUT2D eigenvalue weighted by Gasteiger charge is 2.12. The van der Waals surface area contributed by atoms with E-state index in [0.717, 1.165) is 16.3 Å². The zero-order valence-corrected chi connectivity index (χ0v) is 18.4. The summed E-state index contributed by atoms with van der Waals surface area (Å²) >= 11 is 1.61. The number of anilines is 1. The maximum absolute atomic E-state index is 12.5. The smallest absolute Gasteiger partial charge is 0.238 e. The van der Waals surface area contributed by atoms with Gasteiger partial charge in [0.15, 0.2) is 11.5 Å². The lowest BCUT2D eigenvalue weighted by Gasteiger charge is -2.16. The number of hydrogen-bond donors (Lipinski definition) is 1. The fourth-order valence-corrected chi connectivity index (χ4v) is 3.82. The number of hydrogen-bond acceptors (Lipinski definition) is 6. The van der Waals surface area contributed by atoms with Gasteiger partial charge in [-0.1, -0.05) is 30.3 Å². The number of benzene rings is 2. The first-order valence-electron chi connectivity index (χ1n) is 9.97. The van der Waals surface area contributed by atoms with Gasteiger partial charge < -0.3 is 14.8 Å². The topological polar surface area (TPSA) is 63.7 Å². The van der Waals surface area contributed by atoms with Gasteiger partial charge in [0.05, 0.1) is 25.5 Å². The van der Waals surface area contributed by atoms with Gasteiger partial charge in [0.2, 0.25) is 5.91 Å². The van der Waals surface area contributed by atoms with E-state index in [9.17, 15) is 4.79 Å². The Morgan fingerprint density at radius 2 is 1.80 bits per heavy atom. The van der Waals surface area contributed by atoms with Crippen LogP contribution in [0, 0.1) is 0 Å². The summed E-state index contributed by atoms with van der Waals surface area (Å²) in [6.07, 6.45) is 0. The second-order valence-corrected chi connectivity index (χ2v) is 7.62. The summed E-state index contributed by atoms with van der Waals surface area (Å²) in [6.45, 7) is 5.78. The van der Waals surface area contributed by atoms with Crippen molar-refractivity contribution in [3.8, 4) is 22.1 Å². The molecular formula is C23H27N3O3S. The predicted molar refractivity (Wildman–Crippen MR) is 121 cm³/mol. The van der Waals surface area contributed by atoms with E-state index in [1.165, 1.54) is 0 Å². The summed E-state index contributed by atoms with van der Waals surface area (Å²) in [7, 11) is 1.91. The highest BCUT2D eigenvalue weighted by atomic mass is 32.1. The van der Waals surface area contributed by atoms with E-state index in [1.807, 2.05) is 73.6 Å². The lowest BCUT2D eigenvalue weighted by Crippen LogP contribution is -2.29. The molecule has 1 heterocycles. The Morgan fingerprint density at radius 1 is 1.07 bits per heavy atom. The van der Waals surface area contributed by atoms with Crippen molar-refractivity contribution >= 4 is 22.9 Å². The standard InChI is InChI=1S/C23H27N3O3S/c1-4-28-20-12-11-18(13-21(20)29-5-2)24-22(27)15-26(3)14-19-16-30-23(25-19)17-9-7-6-8-10-17/h6-13,16H,4-5,14-15H2,1-3H3,(H,24,27). The third-order valence-electron chi connectivity index (χ3n) is 4.25. The molecule has 0 saturated heterocycles. The Morgan fingerprint density at radius 3 is 2.53 bits per heavy atom. The second kappa shape index (κ2) is 10.8. The van der Waals surface area contributed by atoms with Crippen molar-refractivity contribution in [3.05, 3.63) is 59.6 Å². The van der Waals surface area contributed by atoms with Gasteiger partial charge in [0, 0.05) is 29.2 Å². The summed E-state index contributed by atoms with van der Waals surface area (Å²) in [4.78, 5) is 19.1. The van der Waals surface area contributed by atoms with E-state index in [0.29, 0.717) is 36.9 Å². The van der Waals surface area contributed by atoms with Crippen LogP contribution in [0.1, 0.15) is 19.5 Å². The van der Waals surface area contributed by atoms with Crippen LogP contribution in [-0.4, -0.2) is 42.6 Å². The highest BCUT2D eigenvalue weighted by molar-refractivity contribution is 7.13. The molecule has 0 fully saturated rings. The molecule has 3 rings (SSSR count). The van der Waals surface area contributed by atoms with Crippen molar-refractivity contribution in [2.75, 3.05) is 32.1 Å². The maximum atomic E-state index is 12.5. The van der Waals surface area contributed by atoms with Crippen LogP contribution in [0.3, 0.4) is 0 Å². The molecule has 0 aliphatic heterocycles. The van der Waals surface area contributed by atoms with E-state index < -0.39 is 0 Å². The Labute approximate surface area is 181 Å². The lowest BCUT2D eigenvalue weighted by atomic mass is 10.2. The van der Waals surface area contributed by atoms with Crippen LogP contribution < -0.4 is 14.8 Å². The van der Waals surface area contributed by atoms with E-state index in [4.69, 9.17) is 9.47 Å². The number of likely N-dealkylation sites (N-methyl/N-ethyl adjacent to an activating group) is 1. The number of rotatable bonds is 10. The molecule has 0 aliphatic carbocycles. The van der Waals surface area contributed by atoms with Crippen molar-refractivity contribution in [1.29, 1.82) is 0 Å². The first kappa shape index (κ1) is 21.8. The molecule has 0 aliphatic rings. The van der Waals surface area contributed by atoms with Crippen molar-refractivity contribution < 1.29 is 14.3 Å². The fraction of sp³-hybridized carbons (Fsp3) is 0.304. The van der Waals surface area contributed by atoms with Crippen LogP contribution in [0.15, 0.2) is 53.9 Å². The zero-order valence-electron chi connectivity index (χ0n) is 17.6. The first-order valence-corrected chi connectivity index (χ1v) is 10.8. The van der Waals surface area contributed by atoms with Crippen molar-refractivity contribution in [2.45, 2.75) is 20.4 Å². The molecule has 0 saturated carbocycles. The van der Waals surface area contributed by atoms with Gasteiger partial charge in [-0.25, -0.2) is 4.98 Å². The molecule has 1 N–H and O–H groups in total. The van der Waals surface area contributed by atoms with Crippen LogP contribution >= 0.6 is 11.3 Å². The predicted octanol–water partition coefficient (Wildman–Crippen LogP) is 4.68. The largest absolute Gasteiger partial charge is 0.490 e. The van der Waals surface area contributed by atoms with Crippen LogP contribution in [0.5, 0.6) is 11.5 Å². The first-order chi connectivity index (χ1) is 14.6. The van der Waals surface area contributed by atoms with Crippen molar-refractivity contribution in [2.24, 2.45) is 0 Å². The maximum Gasteiger partial charge on any atom is 0.238 e. The molecular weight excluding hydrogens is 398 g/mol. The summed E-state index contributed by atoms with van der Waals surface area (Å²) < 4.78 is 11.2. The third-order valence-corrected chi connectivity index (χ3v) is 5.19. The van der Waals surface area contributed by atoms with Crippen molar-refractivity contribution in [3.63, 3.8) is 0 Å². The lowest BCUT2D eigenvalue weighted by molar-refractivity contribution is -0.117. The van der Waals surface area contributed by atoms with Crippen LogP contribution in [0.4, 0.5) is 5.69 Å². The van der Waals surface area contributed by atoms with Crippen LogP contribution in [-0.2, 0) is 11.3 Å². The molecule has 1 amide bonds. The van der Waals surface area contributed by atoms with Gasteiger partial charge in [-0.05, 0) is 33.0 Å². The van der Waals surface area contributed by atoms with E-state index >= 15 is 0 Å². The third kappa shape index (κ3) is 6.05. The van der Waals surface area contributed by atoms with E-state index in [-0.39, 0.29) is 12.5 Å². The minimum Gasteiger partial charge on any atom is -0.490 e. The van der Waals surface area contributed by atoms with Crippen LogP contribution in [0.25, 0.3) is 10.6 Å². The normalized spacial score (nSPS) is 10.8. The van der Waals surface area contributed by atoms with Gasteiger partial charge in [-0.3, -0.25) is 9.69 Å². The minimum atomic E-state index is -0.0948. The van der Waals surface area contributed by atoms with E-state index in [1.54, 1.807) is 17.4 Å². The second-order valence-electron chi connectivity index (χ2n) is 6.76. The summed E-state index contributed by atoms with van der Waals surface area (Å²) in [5.74, 6) is 1.20. The Bertz CT molecular complexity index is 959. The number of nitrogens with one attached hydrogen (secondary N) is 1. The molecule has 7 heteroatoms. The zero-order chi connectivity index (χ0) is 21.3. The highest BCUT2D eigenvalue weighted by Crippen LogP contribution is 2.30. The SMILES string of the molecule is CCOc1ccc(NC(=O)CN(C)Cc2csc(-c3ccccc3)n2)cc1OCC. The molecule has 0 spiro atoms. The average Bonchev–Trinajstić information content (AvgIpc) is 3.19. The molecule has 0 unspecified atom stereocenters. The number of thiazole rings is 1. The number of nitrogens with zero attached hydrogens (tertiary/aromatic N) is 2. The Balaban J connectivity index is 1.56. The quantitative estimate of drug-likeness (QED) is 0.511. The number of carbonyl (C=O) groups excluding carboxylic acids is 1. The summed E-state index contributed by atoms with van der Waals surface area (Å²) in [5, 5.41) is 5.95. The Kier molecular flexibility index (Phi) is 7.82. The number of aromatic nitrogens is 1. The molecule has 158 valence electrons. The fourth-order valence-electron chi connectivity index (χ4n) is 3.00. The number of carbonyl (C=O) groups is 1. The van der Waals surface area contributed by atoms with Crippen molar-refractivity contribution in [1.82, 2.24) is 9.88 Å². The van der Waals surface area contributed by atoms with Gasteiger partial charge >= 0.3 is 0 Å². The van der Waals surface area contributed by atoms with Gasteiger partial charge in [-0.15, -0.1) is 11.3 Å². The molecule has 30 heavy (non-hydrogen) atoms. The van der Waals surface area contributed by atoms with Gasteiger partial charge in [0.25, 0.3) is 0 Å². The molecule has 0 radical (unpaired) electrons. The number of amides is 1. The summed E-state index contributed by atoms with van der Waals surface area (Å²) in [5.41, 5.74) is 2.74. The van der Waals surface area contributed by atoms with Gasteiger partial charge in [0.1, 0.15) is 5.01 Å². The average molecular weight is 426 g/mol.